The average Bonchev–Trinajstić information content (AvgIpc) is 3.59. The third-order valence-corrected chi connectivity index (χ3v) is 10.5. The summed E-state index contributed by atoms with van der Waals surface area (Å²) in [4.78, 5) is 2.34. The lowest BCUT2D eigenvalue weighted by atomic mass is 9.92. The van der Waals surface area contributed by atoms with Gasteiger partial charge in [0.15, 0.2) is 5.58 Å². The van der Waals surface area contributed by atoms with E-state index in [2.05, 4.69) is 187 Å². The molecule has 8 aromatic carbocycles. The maximum atomic E-state index is 6.88. The lowest BCUT2D eigenvalue weighted by Crippen LogP contribution is -2.17. The fraction of sp³-hybridized carbons (Fsp3) is 0.0400. The van der Waals surface area contributed by atoms with Crippen LogP contribution in [0.1, 0.15) is 17.2 Å². The van der Waals surface area contributed by atoms with E-state index in [9.17, 15) is 0 Å². The van der Waals surface area contributed by atoms with Crippen molar-refractivity contribution in [2.75, 3.05) is 4.90 Å². The highest BCUT2D eigenvalue weighted by atomic mass is 16.5. The van der Waals surface area contributed by atoms with Gasteiger partial charge < -0.3 is 14.1 Å². The third-order valence-electron chi connectivity index (χ3n) is 10.5. The lowest BCUT2D eigenvalue weighted by Gasteiger charge is -2.28. The number of benzene rings is 8. The number of hydrogen-bond donors (Lipinski definition) is 0. The first-order valence-corrected chi connectivity index (χ1v) is 18.1. The third kappa shape index (κ3) is 5.37. The van der Waals surface area contributed by atoms with Crippen molar-refractivity contribution in [2.24, 2.45) is 0 Å². The standard InChI is InChI=1S/C50H35NO2/c1-33-30-38-31-48-44(32-47(38)52-49(33)37-17-6-3-7-18-37)43-23-13-25-46(50(43)53-48)51(45-24-11-10-21-42(45)35-14-4-2-5-15-35)39-28-26-36(27-29-39)41-22-12-19-34-16-8-9-20-40(34)41/h2-29,31-32,49H,1,30H2. The number of ether oxygens (including phenoxy) is 1. The summed E-state index contributed by atoms with van der Waals surface area (Å²) in [5.41, 5.74) is 12.6. The van der Waals surface area contributed by atoms with E-state index >= 15 is 0 Å². The SMILES string of the molecule is C=C1Cc2cc3oc4c(N(c5ccc(-c6cccc7ccccc67)cc5)c5ccccc5-c5ccccc5)cccc4c3cc2OC1c1ccccc1. The monoisotopic (exact) mass is 681 g/mol. The van der Waals surface area contributed by atoms with Gasteiger partial charge in [-0.05, 0) is 75.0 Å². The van der Waals surface area contributed by atoms with E-state index in [1.54, 1.807) is 0 Å². The molecule has 1 aliphatic heterocycles. The van der Waals surface area contributed by atoms with Gasteiger partial charge in [-0.2, -0.15) is 0 Å². The molecule has 0 saturated heterocycles. The minimum Gasteiger partial charge on any atom is -0.481 e. The molecule has 2 heterocycles. The molecular weight excluding hydrogens is 647 g/mol. The predicted octanol–water partition coefficient (Wildman–Crippen LogP) is 13.8. The van der Waals surface area contributed by atoms with Crippen LogP contribution < -0.4 is 9.64 Å². The van der Waals surface area contributed by atoms with Crippen LogP contribution in [0.25, 0.3) is 55.0 Å². The zero-order valence-electron chi connectivity index (χ0n) is 29.1. The first-order chi connectivity index (χ1) is 26.2. The second-order valence-electron chi connectivity index (χ2n) is 13.7. The van der Waals surface area contributed by atoms with Crippen LogP contribution in [0.15, 0.2) is 199 Å². The average molecular weight is 682 g/mol. The summed E-state index contributed by atoms with van der Waals surface area (Å²) in [5, 5.41) is 4.55. The molecule has 0 saturated carbocycles. The van der Waals surface area contributed by atoms with Crippen LogP contribution in [-0.4, -0.2) is 0 Å². The topological polar surface area (TPSA) is 25.6 Å². The summed E-state index contributed by atoms with van der Waals surface area (Å²) >= 11 is 0. The maximum absolute atomic E-state index is 6.88. The Morgan fingerprint density at radius 2 is 1.17 bits per heavy atom. The quantitative estimate of drug-likeness (QED) is 0.163. The summed E-state index contributed by atoms with van der Waals surface area (Å²) in [6, 6.07) is 64.3. The van der Waals surface area contributed by atoms with Crippen molar-refractivity contribution in [1.82, 2.24) is 0 Å². The van der Waals surface area contributed by atoms with E-state index in [1.165, 1.54) is 21.9 Å². The van der Waals surface area contributed by atoms with E-state index < -0.39 is 0 Å². The number of hydrogen-bond acceptors (Lipinski definition) is 3. The summed E-state index contributed by atoms with van der Waals surface area (Å²) in [5.74, 6) is 0.877. The van der Waals surface area contributed by atoms with E-state index in [4.69, 9.17) is 9.15 Å². The summed E-state index contributed by atoms with van der Waals surface area (Å²) in [7, 11) is 0. The molecule has 252 valence electrons. The highest BCUT2D eigenvalue weighted by molar-refractivity contribution is 6.11. The van der Waals surface area contributed by atoms with Crippen LogP contribution in [0.5, 0.6) is 5.75 Å². The van der Waals surface area contributed by atoms with Gasteiger partial charge in [0.25, 0.3) is 0 Å². The van der Waals surface area contributed by atoms with Crippen molar-refractivity contribution < 1.29 is 9.15 Å². The Hall–Kier alpha value is -6.84. The Balaban J connectivity index is 1.14. The molecule has 53 heavy (non-hydrogen) atoms. The van der Waals surface area contributed by atoms with Crippen molar-refractivity contribution in [3.63, 3.8) is 0 Å². The van der Waals surface area contributed by atoms with Crippen LogP contribution >= 0.6 is 0 Å². The molecule has 1 unspecified atom stereocenters. The zero-order valence-corrected chi connectivity index (χ0v) is 29.1. The number of nitrogens with zero attached hydrogens (tertiary/aromatic N) is 1. The van der Waals surface area contributed by atoms with Crippen molar-refractivity contribution in [2.45, 2.75) is 12.5 Å². The molecule has 1 aliphatic rings. The molecular formula is C50H35NO2. The van der Waals surface area contributed by atoms with Crippen molar-refractivity contribution in [3.8, 4) is 28.0 Å². The number of fused-ring (bicyclic) bond motifs is 5. The van der Waals surface area contributed by atoms with Crippen LogP contribution in [0.2, 0.25) is 0 Å². The molecule has 0 amide bonds. The van der Waals surface area contributed by atoms with Crippen LogP contribution in [-0.2, 0) is 6.42 Å². The largest absolute Gasteiger partial charge is 0.481 e. The number of anilines is 3. The Morgan fingerprint density at radius 1 is 0.528 bits per heavy atom. The summed E-state index contributed by atoms with van der Waals surface area (Å²) < 4.78 is 13.5. The molecule has 0 spiro atoms. The molecule has 0 aliphatic carbocycles. The second-order valence-corrected chi connectivity index (χ2v) is 13.7. The molecule has 0 fully saturated rings. The summed E-state index contributed by atoms with van der Waals surface area (Å²) in [6.07, 6.45) is 0.547. The van der Waals surface area contributed by atoms with E-state index in [-0.39, 0.29) is 6.10 Å². The van der Waals surface area contributed by atoms with Crippen LogP contribution in [0, 0.1) is 0 Å². The first-order valence-electron chi connectivity index (χ1n) is 18.1. The Kier molecular flexibility index (Phi) is 7.43. The predicted molar refractivity (Wildman–Crippen MR) is 219 cm³/mol. The number of para-hydroxylation sites is 2. The number of furan rings is 1. The highest BCUT2D eigenvalue weighted by Gasteiger charge is 2.27. The van der Waals surface area contributed by atoms with Crippen molar-refractivity contribution >= 4 is 49.8 Å². The van der Waals surface area contributed by atoms with Gasteiger partial charge in [0.1, 0.15) is 17.4 Å². The summed E-state index contributed by atoms with van der Waals surface area (Å²) in [6.45, 7) is 4.41. The van der Waals surface area contributed by atoms with Crippen LogP contribution in [0.4, 0.5) is 17.1 Å². The van der Waals surface area contributed by atoms with Gasteiger partial charge in [-0.15, -0.1) is 0 Å². The highest BCUT2D eigenvalue weighted by Crippen LogP contribution is 2.47. The van der Waals surface area contributed by atoms with Gasteiger partial charge in [-0.1, -0.05) is 152 Å². The Labute approximate surface area is 308 Å². The molecule has 3 nitrogen and oxygen atoms in total. The van der Waals surface area contributed by atoms with E-state index in [1.807, 2.05) is 6.07 Å². The van der Waals surface area contributed by atoms with Crippen molar-refractivity contribution in [1.29, 1.82) is 0 Å². The normalized spacial score (nSPS) is 14.0. The minimum atomic E-state index is -0.184. The molecule has 9 aromatic rings. The first kappa shape index (κ1) is 30.9. The maximum Gasteiger partial charge on any atom is 0.159 e. The van der Waals surface area contributed by atoms with Gasteiger partial charge in [0.05, 0.1) is 11.4 Å². The molecule has 0 radical (unpaired) electrons. The fourth-order valence-electron chi connectivity index (χ4n) is 7.96. The van der Waals surface area contributed by atoms with Crippen molar-refractivity contribution in [3.05, 3.63) is 205 Å². The van der Waals surface area contributed by atoms with Gasteiger partial charge in [-0.25, -0.2) is 0 Å². The van der Waals surface area contributed by atoms with E-state index in [0.717, 1.165) is 79.0 Å². The Morgan fingerprint density at radius 3 is 2.02 bits per heavy atom. The zero-order chi connectivity index (χ0) is 35.3. The molecule has 1 atom stereocenters. The lowest BCUT2D eigenvalue weighted by molar-refractivity contribution is 0.226. The Bertz CT molecular complexity index is 2790. The van der Waals surface area contributed by atoms with Gasteiger partial charge in [0.2, 0.25) is 0 Å². The van der Waals surface area contributed by atoms with Gasteiger partial charge in [0, 0.05) is 34.0 Å². The molecule has 0 N–H and O–H groups in total. The second kappa shape index (κ2) is 12.7. The molecule has 10 rings (SSSR count). The number of rotatable bonds is 6. The van der Waals surface area contributed by atoms with E-state index in [0.29, 0.717) is 0 Å². The fourth-order valence-corrected chi connectivity index (χ4v) is 7.96. The molecule has 1 aromatic heterocycles. The van der Waals surface area contributed by atoms with Gasteiger partial charge >= 0.3 is 0 Å². The smallest absolute Gasteiger partial charge is 0.159 e. The molecule has 0 bridgehead atoms. The minimum absolute atomic E-state index is 0.184. The van der Waals surface area contributed by atoms with Gasteiger partial charge in [-0.3, -0.25) is 0 Å². The van der Waals surface area contributed by atoms with Crippen LogP contribution in [0.3, 0.4) is 0 Å². The molecule has 3 heteroatoms.